The third-order valence-electron chi connectivity index (χ3n) is 10.3. The molecule has 0 atom stereocenters. The lowest BCUT2D eigenvalue weighted by molar-refractivity contribution is 0.477. The van der Waals surface area contributed by atoms with Crippen molar-refractivity contribution < 1.29 is 5.11 Å². The maximum absolute atomic E-state index is 10.8. The summed E-state index contributed by atoms with van der Waals surface area (Å²) in [5.41, 5.74) is 11.9. The summed E-state index contributed by atoms with van der Waals surface area (Å²) >= 11 is 0. The highest BCUT2D eigenvalue weighted by atomic mass is 16.3. The number of rotatable bonds is 7. The average Bonchev–Trinajstić information content (AvgIpc) is 3.60. The first-order valence-electron chi connectivity index (χ1n) is 18.7. The van der Waals surface area contributed by atoms with E-state index in [0.29, 0.717) is 17.5 Å². The Morgan fingerprint density at radius 1 is 0.321 bits per heavy atom. The Morgan fingerprint density at radius 3 is 1.32 bits per heavy atom. The minimum absolute atomic E-state index is 0.257. The van der Waals surface area contributed by atoms with Crippen LogP contribution in [0.3, 0.4) is 0 Å². The van der Waals surface area contributed by atoms with Crippen molar-refractivity contribution in [3.05, 3.63) is 200 Å². The van der Waals surface area contributed by atoms with Crippen molar-refractivity contribution in [1.82, 2.24) is 19.5 Å². The van der Waals surface area contributed by atoms with Gasteiger partial charge < -0.3 is 9.67 Å². The molecule has 5 nitrogen and oxygen atoms in total. The molecule has 2 aromatic heterocycles. The third-order valence-corrected chi connectivity index (χ3v) is 10.3. The normalized spacial score (nSPS) is 11.3. The van der Waals surface area contributed by atoms with Crippen molar-refractivity contribution in [3.8, 4) is 79.0 Å². The second-order valence-electron chi connectivity index (χ2n) is 13.8. The molecule has 0 fully saturated rings. The van der Waals surface area contributed by atoms with E-state index in [0.717, 1.165) is 77.6 Å². The number of phenols is 1. The van der Waals surface area contributed by atoms with Crippen LogP contribution in [0.4, 0.5) is 0 Å². The van der Waals surface area contributed by atoms with Crippen LogP contribution < -0.4 is 0 Å². The number of para-hydroxylation sites is 2. The van der Waals surface area contributed by atoms with Crippen molar-refractivity contribution in [2.45, 2.75) is 0 Å². The molecule has 0 aliphatic rings. The van der Waals surface area contributed by atoms with Gasteiger partial charge in [-0.1, -0.05) is 164 Å². The lowest BCUT2D eigenvalue weighted by atomic mass is 9.92. The molecule has 1 N–H and O–H groups in total. The lowest BCUT2D eigenvalue weighted by Crippen LogP contribution is -2.04. The van der Waals surface area contributed by atoms with Crippen LogP contribution in [0, 0.1) is 0 Å². The van der Waals surface area contributed by atoms with E-state index < -0.39 is 0 Å². The highest BCUT2D eigenvalue weighted by Crippen LogP contribution is 2.44. The van der Waals surface area contributed by atoms with E-state index in [1.165, 1.54) is 0 Å². The summed E-state index contributed by atoms with van der Waals surface area (Å²) in [5, 5.41) is 13.0. The van der Waals surface area contributed by atoms with Gasteiger partial charge in [-0.15, -0.1) is 0 Å². The SMILES string of the molecule is Oc1ccccc1-c1ccc2c(c1)c1ccccc1n2-c1c(-c2ccccc2)cc(-c2nc(-c3ccccc3)nc(-c3ccccc3)n2)cc1-c1ccccc1. The summed E-state index contributed by atoms with van der Waals surface area (Å²) in [6.07, 6.45) is 0. The number of phenolic OH excluding ortho intramolecular Hbond substituents is 1. The molecule has 0 spiro atoms. The number of hydrogen-bond acceptors (Lipinski definition) is 4. The van der Waals surface area contributed by atoms with E-state index in [9.17, 15) is 5.11 Å². The predicted octanol–water partition coefficient (Wildman–Crippen LogP) is 12.7. The summed E-state index contributed by atoms with van der Waals surface area (Å²) in [6.45, 7) is 0. The smallest absolute Gasteiger partial charge is 0.164 e. The zero-order chi connectivity index (χ0) is 37.4. The number of nitrogens with zero attached hydrogens (tertiary/aromatic N) is 4. The highest BCUT2D eigenvalue weighted by molar-refractivity contribution is 6.12. The maximum atomic E-state index is 10.8. The molecule has 0 unspecified atom stereocenters. The zero-order valence-electron chi connectivity index (χ0n) is 30.3. The second kappa shape index (κ2) is 14.0. The van der Waals surface area contributed by atoms with Gasteiger partial charge in [-0.05, 0) is 53.1 Å². The first kappa shape index (κ1) is 33.0. The summed E-state index contributed by atoms with van der Waals surface area (Å²) in [7, 11) is 0. The summed E-state index contributed by atoms with van der Waals surface area (Å²) in [4.78, 5) is 15.3. The van der Waals surface area contributed by atoms with Crippen LogP contribution in [0.2, 0.25) is 0 Å². The second-order valence-corrected chi connectivity index (χ2v) is 13.8. The number of benzene rings is 8. The Balaban J connectivity index is 1.30. The molecule has 0 aliphatic heterocycles. The van der Waals surface area contributed by atoms with Gasteiger partial charge in [0.1, 0.15) is 5.75 Å². The first-order valence-corrected chi connectivity index (χ1v) is 18.7. The Labute approximate surface area is 324 Å². The predicted molar refractivity (Wildman–Crippen MR) is 228 cm³/mol. The Morgan fingerprint density at radius 2 is 0.768 bits per heavy atom. The molecular formula is C51H34N4O. The largest absolute Gasteiger partial charge is 0.507 e. The summed E-state index contributed by atoms with van der Waals surface area (Å²) in [6, 6.07) is 68.3. The summed E-state index contributed by atoms with van der Waals surface area (Å²) < 4.78 is 2.39. The van der Waals surface area contributed by atoms with Gasteiger partial charge in [-0.25, -0.2) is 15.0 Å². The van der Waals surface area contributed by atoms with E-state index in [2.05, 4.69) is 120 Å². The Bertz CT molecular complexity index is 2900. The van der Waals surface area contributed by atoms with E-state index in [1.54, 1.807) is 6.07 Å². The monoisotopic (exact) mass is 718 g/mol. The molecular weight excluding hydrogens is 685 g/mol. The van der Waals surface area contributed by atoms with Crippen molar-refractivity contribution in [1.29, 1.82) is 0 Å². The van der Waals surface area contributed by atoms with Gasteiger partial charge in [0.25, 0.3) is 0 Å². The van der Waals surface area contributed by atoms with E-state index in [-0.39, 0.29) is 5.75 Å². The molecule has 10 rings (SSSR count). The van der Waals surface area contributed by atoms with Gasteiger partial charge >= 0.3 is 0 Å². The first-order chi connectivity index (χ1) is 27.7. The fourth-order valence-electron chi connectivity index (χ4n) is 7.72. The van der Waals surface area contributed by atoms with Crippen LogP contribution in [0.15, 0.2) is 200 Å². The molecule has 10 aromatic rings. The molecule has 0 saturated heterocycles. The molecule has 0 aliphatic carbocycles. The van der Waals surface area contributed by atoms with Crippen LogP contribution in [-0.4, -0.2) is 24.6 Å². The highest BCUT2D eigenvalue weighted by Gasteiger charge is 2.23. The lowest BCUT2D eigenvalue weighted by Gasteiger charge is -2.21. The third kappa shape index (κ3) is 5.88. The molecule has 8 aromatic carbocycles. The van der Waals surface area contributed by atoms with E-state index in [4.69, 9.17) is 15.0 Å². The van der Waals surface area contributed by atoms with Crippen LogP contribution in [-0.2, 0) is 0 Å². The zero-order valence-corrected chi connectivity index (χ0v) is 30.3. The minimum Gasteiger partial charge on any atom is -0.507 e. The van der Waals surface area contributed by atoms with Gasteiger partial charge in [0.2, 0.25) is 0 Å². The van der Waals surface area contributed by atoms with Gasteiger partial charge in [-0.3, -0.25) is 0 Å². The minimum atomic E-state index is 0.257. The molecule has 56 heavy (non-hydrogen) atoms. The van der Waals surface area contributed by atoms with Crippen molar-refractivity contribution in [2.75, 3.05) is 0 Å². The standard InChI is InChI=1S/C51H34N4O/c56-47-28-16-14-25-40(47)38-29-30-46-44(31-38)41-26-13-15-27-45(41)55(46)48-42(34-17-5-1-6-18-34)32-39(33-43(48)35-19-7-2-8-20-35)51-53-49(36-21-9-3-10-22-36)52-50(54-51)37-23-11-4-12-24-37/h1-33,56H. The van der Waals surface area contributed by atoms with Gasteiger partial charge in [0.15, 0.2) is 17.5 Å². The van der Waals surface area contributed by atoms with E-state index in [1.807, 2.05) is 78.9 Å². The topological polar surface area (TPSA) is 63.8 Å². The van der Waals surface area contributed by atoms with E-state index >= 15 is 0 Å². The van der Waals surface area contributed by atoms with Crippen molar-refractivity contribution in [2.24, 2.45) is 0 Å². The fourth-order valence-corrected chi connectivity index (χ4v) is 7.72. The van der Waals surface area contributed by atoms with Gasteiger partial charge in [0, 0.05) is 44.2 Å². The Kier molecular flexibility index (Phi) is 8.23. The fraction of sp³-hybridized carbons (Fsp3) is 0. The van der Waals surface area contributed by atoms with Crippen LogP contribution >= 0.6 is 0 Å². The van der Waals surface area contributed by atoms with Crippen molar-refractivity contribution >= 4 is 21.8 Å². The summed E-state index contributed by atoms with van der Waals surface area (Å²) in [5.74, 6) is 2.08. The molecule has 0 bridgehead atoms. The molecule has 0 radical (unpaired) electrons. The average molecular weight is 719 g/mol. The molecule has 2 heterocycles. The number of fused-ring (bicyclic) bond motifs is 3. The molecule has 0 amide bonds. The maximum Gasteiger partial charge on any atom is 0.164 e. The van der Waals surface area contributed by atoms with Crippen LogP contribution in [0.25, 0.3) is 95.0 Å². The molecule has 5 heteroatoms. The number of aromatic hydroxyl groups is 1. The molecule has 264 valence electrons. The quantitative estimate of drug-likeness (QED) is 0.178. The van der Waals surface area contributed by atoms with Gasteiger partial charge in [0.05, 0.1) is 16.7 Å². The van der Waals surface area contributed by atoms with Gasteiger partial charge in [-0.2, -0.15) is 0 Å². The number of aromatic nitrogens is 4. The van der Waals surface area contributed by atoms with Crippen LogP contribution in [0.1, 0.15) is 0 Å². The van der Waals surface area contributed by atoms with Crippen molar-refractivity contribution in [3.63, 3.8) is 0 Å². The van der Waals surface area contributed by atoms with Crippen LogP contribution in [0.5, 0.6) is 5.75 Å². The Hall–Kier alpha value is -7.63. The molecule has 0 saturated carbocycles. The number of hydrogen-bond donors (Lipinski definition) is 1.